The fraction of sp³-hybridized carbons (Fsp3) is 0.353. The van der Waals surface area contributed by atoms with E-state index < -0.39 is 0 Å². The minimum Gasteiger partial charge on any atom is -0.325 e. The van der Waals surface area contributed by atoms with E-state index in [2.05, 4.69) is 10.3 Å². The number of amides is 1. The van der Waals surface area contributed by atoms with Crippen molar-refractivity contribution in [1.82, 2.24) is 9.55 Å². The minimum atomic E-state index is -0.141. The maximum absolute atomic E-state index is 12.4. The molecule has 0 saturated heterocycles. The van der Waals surface area contributed by atoms with Crippen molar-refractivity contribution < 1.29 is 4.79 Å². The molecule has 0 aliphatic carbocycles. The highest BCUT2D eigenvalue weighted by molar-refractivity contribution is 7.99. The van der Waals surface area contributed by atoms with E-state index in [-0.39, 0.29) is 23.9 Å². The predicted octanol–water partition coefficient (Wildman–Crippen LogP) is 3.20. The van der Waals surface area contributed by atoms with Gasteiger partial charge in [-0.1, -0.05) is 30.8 Å². The third-order valence-corrected chi connectivity index (χ3v) is 5.80. The lowest BCUT2D eigenvalue weighted by Crippen LogP contribution is -2.27. The first-order valence-corrected chi connectivity index (χ1v) is 10.0. The Morgan fingerprint density at radius 2 is 2.25 bits per heavy atom. The lowest BCUT2D eigenvalue weighted by atomic mass is 10.2. The van der Waals surface area contributed by atoms with Crippen LogP contribution in [-0.2, 0) is 11.2 Å². The van der Waals surface area contributed by atoms with Crippen molar-refractivity contribution in [3.63, 3.8) is 0 Å². The van der Waals surface area contributed by atoms with Gasteiger partial charge in [-0.3, -0.25) is 14.2 Å². The summed E-state index contributed by atoms with van der Waals surface area (Å²) >= 11 is 3.13. The number of thioether (sulfide) groups is 2. The van der Waals surface area contributed by atoms with Crippen LogP contribution in [0.25, 0.3) is 0 Å². The van der Waals surface area contributed by atoms with Gasteiger partial charge in [-0.15, -0.1) is 11.8 Å². The van der Waals surface area contributed by atoms with Gasteiger partial charge in [0.2, 0.25) is 5.91 Å². The first kappa shape index (κ1) is 17.1. The summed E-state index contributed by atoms with van der Waals surface area (Å²) in [4.78, 5) is 30.3. The van der Waals surface area contributed by atoms with E-state index in [0.29, 0.717) is 5.75 Å². The summed E-state index contributed by atoms with van der Waals surface area (Å²) in [5, 5.41) is 3.68. The molecule has 7 heteroatoms. The maximum atomic E-state index is 12.4. The van der Waals surface area contributed by atoms with Crippen LogP contribution < -0.4 is 10.9 Å². The minimum absolute atomic E-state index is 0.0656. The molecule has 5 nitrogen and oxygen atoms in total. The molecule has 3 rings (SSSR count). The molecule has 1 aromatic carbocycles. The largest absolute Gasteiger partial charge is 0.325 e. The Morgan fingerprint density at radius 3 is 3.00 bits per heavy atom. The second-order valence-corrected chi connectivity index (χ2v) is 7.34. The average Bonchev–Trinajstić information content (AvgIpc) is 2.98. The summed E-state index contributed by atoms with van der Waals surface area (Å²) in [7, 11) is 0. The highest BCUT2D eigenvalue weighted by Gasteiger charge is 2.27. The van der Waals surface area contributed by atoms with Crippen LogP contribution in [0, 0.1) is 0 Å². The molecule has 1 aliphatic rings. The Morgan fingerprint density at radius 1 is 1.46 bits per heavy atom. The number of nitrogens with zero attached hydrogens (tertiary/aromatic N) is 2. The van der Waals surface area contributed by atoms with Gasteiger partial charge < -0.3 is 5.32 Å². The molecular weight excluding hydrogens is 342 g/mol. The van der Waals surface area contributed by atoms with Crippen molar-refractivity contribution in [1.29, 1.82) is 0 Å². The summed E-state index contributed by atoms with van der Waals surface area (Å²) in [5.74, 6) is 0.619. The molecule has 1 aliphatic heterocycles. The lowest BCUT2D eigenvalue weighted by Gasteiger charge is -2.14. The molecule has 1 aromatic heterocycles. The van der Waals surface area contributed by atoms with Crippen molar-refractivity contribution in [3.8, 4) is 0 Å². The lowest BCUT2D eigenvalue weighted by molar-refractivity contribution is -0.116. The third-order valence-electron chi connectivity index (χ3n) is 3.91. The standard InChI is InChI=1S/C17H19N3O2S2/c1-3-11-8-16(22)20-12(10-24-17(20)18-11)9-15(21)19-13-6-4-5-7-14(13)23-2/h4-8,12H,3,9-10H2,1-2H3,(H,19,21). The van der Waals surface area contributed by atoms with Crippen LogP contribution in [0.2, 0.25) is 0 Å². The van der Waals surface area contributed by atoms with E-state index >= 15 is 0 Å². The zero-order chi connectivity index (χ0) is 17.1. The highest BCUT2D eigenvalue weighted by Crippen LogP contribution is 2.32. The molecule has 0 spiro atoms. The molecule has 0 bridgehead atoms. The number of para-hydroxylation sites is 1. The monoisotopic (exact) mass is 361 g/mol. The second-order valence-electron chi connectivity index (χ2n) is 5.51. The van der Waals surface area contributed by atoms with Crippen molar-refractivity contribution in [2.45, 2.75) is 35.9 Å². The van der Waals surface area contributed by atoms with E-state index in [9.17, 15) is 9.59 Å². The number of hydrogen-bond acceptors (Lipinski definition) is 5. The van der Waals surface area contributed by atoms with Crippen LogP contribution in [0.15, 0.2) is 45.2 Å². The molecule has 1 atom stereocenters. The number of fused-ring (bicyclic) bond motifs is 1. The van der Waals surface area contributed by atoms with Crippen LogP contribution >= 0.6 is 23.5 Å². The maximum Gasteiger partial charge on any atom is 0.254 e. The van der Waals surface area contributed by atoms with E-state index in [1.54, 1.807) is 34.2 Å². The topological polar surface area (TPSA) is 64.0 Å². The fourth-order valence-electron chi connectivity index (χ4n) is 2.69. The van der Waals surface area contributed by atoms with Gasteiger partial charge in [-0.25, -0.2) is 4.98 Å². The Kier molecular flexibility index (Phi) is 5.30. The number of anilines is 1. The molecule has 0 radical (unpaired) electrons. The highest BCUT2D eigenvalue weighted by atomic mass is 32.2. The number of carbonyl (C=O) groups excluding carboxylic acids is 1. The smallest absolute Gasteiger partial charge is 0.254 e. The first-order chi connectivity index (χ1) is 11.6. The number of aryl methyl sites for hydroxylation is 1. The van der Waals surface area contributed by atoms with Crippen molar-refractivity contribution in [3.05, 3.63) is 46.4 Å². The number of carbonyl (C=O) groups is 1. The Labute approximate surface area is 149 Å². The van der Waals surface area contributed by atoms with Gasteiger partial charge in [0.25, 0.3) is 5.56 Å². The van der Waals surface area contributed by atoms with Crippen LogP contribution in [-0.4, -0.2) is 27.5 Å². The normalized spacial score (nSPS) is 16.0. The van der Waals surface area contributed by atoms with E-state index in [1.165, 1.54) is 0 Å². The number of rotatable bonds is 5. The molecule has 0 saturated carbocycles. The summed E-state index contributed by atoms with van der Waals surface area (Å²) in [6.45, 7) is 1.98. The van der Waals surface area contributed by atoms with Crippen LogP contribution in [0.3, 0.4) is 0 Å². The molecule has 24 heavy (non-hydrogen) atoms. The molecule has 2 heterocycles. The van der Waals surface area contributed by atoms with Gasteiger partial charge in [0.15, 0.2) is 5.16 Å². The van der Waals surface area contributed by atoms with Crippen LogP contribution in [0.1, 0.15) is 25.1 Å². The molecule has 1 N–H and O–H groups in total. The fourth-order valence-corrected chi connectivity index (χ4v) is 4.41. The summed E-state index contributed by atoms with van der Waals surface area (Å²) in [6.07, 6.45) is 2.99. The number of nitrogens with one attached hydrogen (secondary N) is 1. The Bertz CT molecular complexity index is 820. The number of aromatic nitrogens is 2. The first-order valence-electron chi connectivity index (χ1n) is 7.80. The van der Waals surface area contributed by atoms with E-state index in [1.807, 2.05) is 37.4 Å². The second kappa shape index (κ2) is 7.44. The molecule has 0 fully saturated rings. The summed E-state index contributed by atoms with van der Waals surface area (Å²) in [5.41, 5.74) is 1.55. The van der Waals surface area contributed by atoms with E-state index in [4.69, 9.17) is 0 Å². The van der Waals surface area contributed by atoms with E-state index in [0.717, 1.165) is 27.9 Å². The van der Waals surface area contributed by atoms with Gasteiger partial charge in [0, 0.05) is 28.8 Å². The summed E-state index contributed by atoms with van der Waals surface area (Å²) < 4.78 is 1.66. The SMILES string of the molecule is CCc1cc(=O)n2c(n1)SCC2CC(=O)Nc1ccccc1SC. The van der Waals surface area contributed by atoms with Crippen LogP contribution in [0.5, 0.6) is 0 Å². The van der Waals surface area contributed by atoms with Gasteiger partial charge in [0.1, 0.15) is 0 Å². The number of benzene rings is 1. The zero-order valence-electron chi connectivity index (χ0n) is 13.6. The Hall–Kier alpha value is -1.73. The average molecular weight is 361 g/mol. The van der Waals surface area contributed by atoms with Gasteiger partial charge in [-0.05, 0) is 24.8 Å². The van der Waals surface area contributed by atoms with Crippen molar-refractivity contribution in [2.24, 2.45) is 0 Å². The molecule has 1 amide bonds. The van der Waals surface area contributed by atoms with Gasteiger partial charge in [-0.2, -0.15) is 0 Å². The molecule has 1 unspecified atom stereocenters. The molecule has 126 valence electrons. The number of hydrogen-bond donors (Lipinski definition) is 1. The zero-order valence-corrected chi connectivity index (χ0v) is 15.2. The van der Waals surface area contributed by atoms with Crippen molar-refractivity contribution in [2.75, 3.05) is 17.3 Å². The molecule has 2 aromatic rings. The summed E-state index contributed by atoms with van der Waals surface area (Å²) in [6, 6.07) is 9.14. The third kappa shape index (κ3) is 3.52. The van der Waals surface area contributed by atoms with Gasteiger partial charge >= 0.3 is 0 Å². The molecular formula is C17H19N3O2S2. The predicted molar refractivity (Wildman–Crippen MR) is 99.1 cm³/mol. The van der Waals surface area contributed by atoms with Crippen molar-refractivity contribution >= 4 is 35.1 Å². The Balaban J connectivity index is 1.75. The quantitative estimate of drug-likeness (QED) is 0.654. The van der Waals surface area contributed by atoms with Crippen LogP contribution in [0.4, 0.5) is 5.69 Å². The van der Waals surface area contributed by atoms with Gasteiger partial charge in [0.05, 0.1) is 11.7 Å².